The number of piperidine rings is 1. The molecule has 3 nitrogen and oxygen atoms in total. The van der Waals surface area contributed by atoms with Gasteiger partial charge in [0.15, 0.2) is 0 Å². The van der Waals surface area contributed by atoms with Crippen LogP contribution in [0.2, 0.25) is 0 Å². The van der Waals surface area contributed by atoms with Gasteiger partial charge in [0, 0.05) is 12.6 Å². The van der Waals surface area contributed by atoms with E-state index in [1.807, 2.05) is 41.3 Å². The van der Waals surface area contributed by atoms with E-state index in [0.29, 0.717) is 12.6 Å². The Morgan fingerprint density at radius 2 is 1.62 bits per heavy atom. The molecule has 0 bridgehead atoms. The highest BCUT2D eigenvalue weighted by Crippen LogP contribution is 2.22. The summed E-state index contributed by atoms with van der Waals surface area (Å²) in [6, 6.07) is 21.1. The highest BCUT2D eigenvalue weighted by atomic mass is 16.2. The summed E-state index contributed by atoms with van der Waals surface area (Å²) >= 11 is 0. The lowest BCUT2D eigenvalue weighted by atomic mass is 9.98. The fraction of sp³-hybridized carbons (Fsp3) is 0.381. The van der Waals surface area contributed by atoms with Crippen LogP contribution in [0.25, 0.3) is 0 Å². The summed E-state index contributed by atoms with van der Waals surface area (Å²) in [6.45, 7) is 3.42. The molecule has 0 aromatic heterocycles. The van der Waals surface area contributed by atoms with Gasteiger partial charge in [-0.1, -0.05) is 60.7 Å². The van der Waals surface area contributed by atoms with Crippen molar-refractivity contribution >= 4 is 5.91 Å². The summed E-state index contributed by atoms with van der Waals surface area (Å²) < 4.78 is 0. The fourth-order valence-electron chi connectivity index (χ4n) is 3.48. The highest BCUT2D eigenvalue weighted by molar-refractivity contribution is 5.78. The third-order valence-electron chi connectivity index (χ3n) is 4.85. The molecule has 1 fully saturated rings. The lowest BCUT2D eigenvalue weighted by Crippen LogP contribution is -2.46. The van der Waals surface area contributed by atoms with E-state index >= 15 is 0 Å². The molecule has 2 aromatic carbocycles. The number of likely N-dealkylation sites (tertiary alicyclic amines) is 1. The highest BCUT2D eigenvalue weighted by Gasteiger charge is 2.24. The first kappa shape index (κ1) is 16.7. The van der Waals surface area contributed by atoms with Crippen LogP contribution in [0, 0.1) is 0 Å². The molecule has 1 unspecified atom stereocenters. The van der Waals surface area contributed by atoms with E-state index in [1.54, 1.807) is 0 Å². The zero-order valence-electron chi connectivity index (χ0n) is 14.3. The molecular weight excluding hydrogens is 296 g/mol. The smallest absolute Gasteiger partial charge is 0.236 e. The van der Waals surface area contributed by atoms with Gasteiger partial charge in [-0.15, -0.1) is 0 Å². The lowest BCUT2D eigenvalue weighted by molar-refractivity contribution is -0.133. The molecule has 0 saturated carbocycles. The zero-order valence-corrected chi connectivity index (χ0v) is 14.3. The predicted octanol–water partition coefficient (Wildman–Crippen LogP) is 3.77. The summed E-state index contributed by atoms with van der Waals surface area (Å²) in [5.41, 5.74) is 2.37. The molecule has 0 radical (unpaired) electrons. The molecule has 3 heteroatoms. The van der Waals surface area contributed by atoms with Crippen molar-refractivity contribution in [3.63, 3.8) is 0 Å². The topological polar surface area (TPSA) is 32.3 Å². The van der Waals surface area contributed by atoms with Crippen molar-refractivity contribution in [3.05, 3.63) is 71.8 Å². The molecule has 1 saturated heterocycles. The molecular formula is C21H26N2O. The van der Waals surface area contributed by atoms with E-state index in [0.717, 1.165) is 19.4 Å². The van der Waals surface area contributed by atoms with Gasteiger partial charge < -0.3 is 4.90 Å². The van der Waals surface area contributed by atoms with E-state index in [1.165, 1.54) is 17.5 Å². The zero-order chi connectivity index (χ0) is 16.8. The van der Waals surface area contributed by atoms with Gasteiger partial charge in [0.05, 0.1) is 12.6 Å². The first-order chi connectivity index (χ1) is 11.8. The summed E-state index contributed by atoms with van der Waals surface area (Å²) in [4.78, 5) is 14.7. The number of carbonyl (C=O) groups excluding carboxylic acids is 1. The van der Waals surface area contributed by atoms with Crippen LogP contribution in [0.1, 0.15) is 43.4 Å². The molecule has 0 spiro atoms. The quantitative estimate of drug-likeness (QED) is 0.909. The van der Waals surface area contributed by atoms with Gasteiger partial charge in [0.1, 0.15) is 0 Å². The van der Waals surface area contributed by atoms with Crippen LogP contribution < -0.4 is 5.32 Å². The van der Waals surface area contributed by atoms with Gasteiger partial charge in [-0.3, -0.25) is 10.1 Å². The van der Waals surface area contributed by atoms with Gasteiger partial charge in [0.2, 0.25) is 5.91 Å². The number of amides is 1. The Balaban J connectivity index is 1.72. The second-order valence-electron chi connectivity index (χ2n) is 6.57. The number of nitrogens with zero attached hydrogens (tertiary/aromatic N) is 1. The van der Waals surface area contributed by atoms with E-state index in [-0.39, 0.29) is 11.9 Å². The summed E-state index contributed by atoms with van der Waals surface area (Å²) in [6.07, 6.45) is 3.47. The number of rotatable bonds is 5. The average Bonchev–Trinajstić information content (AvgIpc) is 2.64. The lowest BCUT2D eigenvalue weighted by Gasteiger charge is -2.34. The van der Waals surface area contributed by atoms with Crippen LogP contribution in [0.3, 0.4) is 0 Å². The molecule has 0 aliphatic carbocycles. The first-order valence-electron chi connectivity index (χ1n) is 8.88. The Morgan fingerprint density at radius 3 is 2.17 bits per heavy atom. The number of hydrogen-bond donors (Lipinski definition) is 1. The monoisotopic (exact) mass is 322 g/mol. The van der Waals surface area contributed by atoms with Gasteiger partial charge in [-0.25, -0.2) is 0 Å². The van der Waals surface area contributed by atoms with Crippen molar-refractivity contribution in [2.75, 3.05) is 13.1 Å². The summed E-state index contributed by atoms with van der Waals surface area (Å²) in [5.74, 6) is 0.207. The second-order valence-corrected chi connectivity index (χ2v) is 6.57. The molecule has 2 aromatic rings. The van der Waals surface area contributed by atoms with E-state index in [2.05, 4.69) is 36.5 Å². The molecule has 1 aliphatic rings. The van der Waals surface area contributed by atoms with Gasteiger partial charge >= 0.3 is 0 Å². The number of carbonyl (C=O) groups is 1. The number of nitrogens with one attached hydrogen (secondary N) is 1. The third kappa shape index (κ3) is 4.04. The molecule has 1 aliphatic heterocycles. The van der Waals surface area contributed by atoms with Crippen molar-refractivity contribution < 1.29 is 4.79 Å². The van der Waals surface area contributed by atoms with Gasteiger partial charge in [0.25, 0.3) is 0 Å². The summed E-state index contributed by atoms with van der Waals surface area (Å²) in [5, 5.41) is 3.48. The summed E-state index contributed by atoms with van der Waals surface area (Å²) in [7, 11) is 0. The third-order valence-corrected chi connectivity index (χ3v) is 4.85. The standard InChI is InChI=1S/C21H26N2O/c1-17-10-8-9-15-23(17)20(24)16-22-21(18-11-4-2-5-12-18)19-13-6-3-7-14-19/h2-7,11-14,17,21-22H,8-10,15-16H2,1H3. The molecule has 1 amide bonds. The van der Waals surface area contributed by atoms with E-state index in [4.69, 9.17) is 0 Å². The van der Waals surface area contributed by atoms with Crippen molar-refractivity contribution in [2.24, 2.45) is 0 Å². The van der Waals surface area contributed by atoms with Crippen molar-refractivity contribution in [1.82, 2.24) is 10.2 Å². The first-order valence-corrected chi connectivity index (χ1v) is 8.88. The van der Waals surface area contributed by atoms with Crippen LogP contribution in [-0.4, -0.2) is 29.9 Å². The molecule has 1 N–H and O–H groups in total. The predicted molar refractivity (Wildman–Crippen MR) is 97.8 cm³/mol. The minimum absolute atomic E-state index is 0.0384. The number of hydrogen-bond acceptors (Lipinski definition) is 2. The maximum atomic E-state index is 12.6. The molecule has 24 heavy (non-hydrogen) atoms. The van der Waals surface area contributed by atoms with Crippen LogP contribution in [0.15, 0.2) is 60.7 Å². The Kier molecular flexibility index (Phi) is 5.65. The van der Waals surface area contributed by atoms with Crippen molar-refractivity contribution in [1.29, 1.82) is 0 Å². The van der Waals surface area contributed by atoms with E-state index < -0.39 is 0 Å². The maximum Gasteiger partial charge on any atom is 0.236 e. The van der Waals surface area contributed by atoms with Crippen LogP contribution in [0.5, 0.6) is 0 Å². The Bertz CT molecular complexity index is 602. The maximum absolute atomic E-state index is 12.6. The Hall–Kier alpha value is -2.13. The van der Waals surface area contributed by atoms with Crippen LogP contribution in [-0.2, 0) is 4.79 Å². The molecule has 126 valence electrons. The van der Waals surface area contributed by atoms with Crippen molar-refractivity contribution in [3.8, 4) is 0 Å². The molecule has 1 atom stereocenters. The van der Waals surface area contributed by atoms with Crippen molar-refractivity contribution in [2.45, 2.75) is 38.3 Å². The number of benzene rings is 2. The Morgan fingerprint density at radius 1 is 1.04 bits per heavy atom. The van der Waals surface area contributed by atoms with Gasteiger partial charge in [-0.2, -0.15) is 0 Å². The largest absolute Gasteiger partial charge is 0.339 e. The fourth-order valence-corrected chi connectivity index (χ4v) is 3.48. The van der Waals surface area contributed by atoms with Gasteiger partial charge in [-0.05, 0) is 37.3 Å². The molecule has 3 rings (SSSR count). The Labute approximate surface area is 144 Å². The average molecular weight is 322 g/mol. The minimum atomic E-state index is 0.0384. The van der Waals surface area contributed by atoms with E-state index in [9.17, 15) is 4.79 Å². The van der Waals surface area contributed by atoms with Crippen LogP contribution in [0.4, 0.5) is 0 Å². The SMILES string of the molecule is CC1CCCCN1C(=O)CNC(c1ccccc1)c1ccccc1. The van der Waals surface area contributed by atoms with Crippen LogP contribution >= 0.6 is 0 Å². The minimum Gasteiger partial charge on any atom is -0.339 e. The second kappa shape index (κ2) is 8.11. The normalized spacial score (nSPS) is 17.9. The molecule has 1 heterocycles.